The minimum Gasteiger partial charge on any atom is -0.494 e. The maximum absolute atomic E-state index is 14.4. The molecule has 0 aliphatic rings. The molecule has 6 N–H and O–H groups in total. The van der Waals surface area contributed by atoms with E-state index in [9.17, 15) is 27.5 Å². The highest BCUT2D eigenvalue weighted by Crippen LogP contribution is 2.39. The Hall–Kier alpha value is -4.47. The first-order valence-electron chi connectivity index (χ1n) is 14.6. The Bertz CT molecular complexity index is 1880. The number of aliphatic carboxylic acids is 1. The number of aryl methyl sites for hydroxylation is 1. The van der Waals surface area contributed by atoms with E-state index < -0.39 is 29.3 Å². The molecule has 0 bridgehead atoms. The van der Waals surface area contributed by atoms with Gasteiger partial charge in [0.1, 0.15) is 0 Å². The molecule has 0 saturated heterocycles. The molecule has 0 fully saturated rings. The standard InChI is InChI=1S/C31H32Cl2FN5O3S.C2HF3O2/c1-31(2,20-8-10-23(32)24(33)14-20)27-16-38-30(39(27)21-9-11-25(34)26(15-21)42-3)43-17-18-6-7-19(22(13-18)28(40)41)5-4-12-37-29(35)36;3-2(4,5)1(6)7/h6-11,13-16H,4-5,12,17H2,1-3H3,(H,40,41)(H4,35,36,37);(H,6,7). The van der Waals surface area contributed by atoms with Crippen molar-refractivity contribution >= 4 is 52.9 Å². The van der Waals surface area contributed by atoms with Gasteiger partial charge in [-0.15, -0.1) is 0 Å². The Morgan fingerprint density at radius 3 is 2.28 bits per heavy atom. The number of nitrogens with zero attached hydrogens (tertiary/aromatic N) is 3. The zero-order chi connectivity index (χ0) is 37.4. The number of thioether (sulfide) groups is 1. The summed E-state index contributed by atoms with van der Waals surface area (Å²) >= 11 is 14.0. The van der Waals surface area contributed by atoms with Crippen molar-refractivity contribution in [3.05, 3.63) is 105 Å². The van der Waals surface area contributed by atoms with Crippen molar-refractivity contribution in [3.8, 4) is 11.4 Å². The number of guanidine groups is 1. The number of imidazole rings is 1. The number of hydrogen-bond acceptors (Lipinski definition) is 6. The molecule has 1 aromatic heterocycles. The number of aromatic carboxylic acids is 1. The van der Waals surface area contributed by atoms with Crippen molar-refractivity contribution < 1.29 is 42.1 Å². The van der Waals surface area contributed by atoms with Crippen LogP contribution in [0.4, 0.5) is 17.6 Å². The summed E-state index contributed by atoms with van der Waals surface area (Å²) < 4.78 is 53.3. The van der Waals surface area contributed by atoms with Gasteiger partial charge in [0.2, 0.25) is 0 Å². The molecule has 0 spiro atoms. The number of hydrogen-bond donors (Lipinski definition) is 4. The van der Waals surface area contributed by atoms with E-state index in [0.29, 0.717) is 51.6 Å². The smallest absolute Gasteiger partial charge is 0.490 e. The number of alkyl halides is 3. The van der Waals surface area contributed by atoms with Gasteiger partial charge < -0.3 is 26.4 Å². The third-order valence-corrected chi connectivity index (χ3v) is 9.08. The fourth-order valence-corrected chi connectivity index (χ4v) is 5.94. The second kappa shape index (κ2) is 17.0. The SMILES string of the molecule is COc1cc(-n2c(C(C)(C)c3ccc(Cl)c(Cl)c3)cnc2SCc2ccc(CCCN=C(N)N)c(C(=O)O)c2)ccc1F.O=C(O)C(F)(F)F. The third-order valence-electron chi connectivity index (χ3n) is 7.32. The van der Waals surface area contributed by atoms with Gasteiger partial charge in [0.25, 0.3) is 0 Å². The lowest BCUT2D eigenvalue weighted by atomic mass is 9.81. The summed E-state index contributed by atoms with van der Waals surface area (Å²) in [6.45, 7) is 4.50. The monoisotopic (exact) mass is 757 g/mol. The van der Waals surface area contributed by atoms with E-state index >= 15 is 0 Å². The number of rotatable bonds is 12. The van der Waals surface area contributed by atoms with Crippen molar-refractivity contribution in [1.29, 1.82) is 0 Å². The van der Waals surface area contributed by atoms with Gasteiger partial charge >= 0.3 is 18.1 Å². The number of nitrogens with two attached hydrogens (primary N) is 2. The topological polar surface area (TPSA) is 166 Å². The Morgan fingerprint density at radius 2 is 1.70 bits per heavy atom. The van der Waals surface area contributed by atoms with Gasteiger partial charge in [-0.25, -0.2) is 19.0 Å². The number of carboxylic acids is 2. The van der Waals surface area contributed by atoms with Crippen LogP contribution >= 0.6 is 35.0 Å². The first-order valence-corrected chi connectivity index (χ1v) is 16.3. The number of halogens is 6. The highest BCUT2D eigenvalue weighted by atomic mass is 35.5. The minimum absolute atomic E-state index is 0.00628. The summed E-state index contributed by atoms with van der Waals surface area (Å²) in [5, 5.41) is 18.5. The Morgan fingerprint density at radius 1 is 1.02 bits per heavy atom. The van der Waals surface area contributed by atoms with Crippen LogP contribution < -0.4 is 16.2 Å². The van der Waals surface area contributed by atoms with E-state index in [1.54, 1.807) is 30.5 Å². The van der Waals surface area contributed by atoms with E-state index in [-0.39, 0.29) is 17.3 Å². The van der Waals surface area contributed by atoms with Crippen LogP contribution in [-0.2, 0) is 22.4 Å². The molecule has 0 radical (unpaired) electrons. The van der Waals surface area contributed by atoms with Gasteiger partial charge in [-0.1, -0.05) is 67.0 Å². The van der Waals surface area contributed by atoms with Crippen LogP contribution in [0.15, 0.2) is 70.9 Å². The predicted molar refractivity (Wildman–Crippen MR) is 184 cm³/mol. The van der Waals surface area contributed by atoms with Crippen molar-refractivity contribution in [2.24, 2.45) is 16.5 Å². The molecule has 0 unspecified atom stereocenters. The fourth-order valence-electron chi connectivity index (χ4n) is 4.70. The summed E-state index contributed by atoms with van der Waals surface area (Å²) in [5.41, 5.74) is 14.3. The first-order chi connectivity index (χ1) is 23.4. The van der Waals surface area contributed by atoms with E-state index in [0.717, 1.165) is 16.8 Å². The lowest BCUT2D eigenvalue weighted by Gasteiger charge is -2.28. The second-order valence-electron chi connectivity index (χ2n) is 11.1. The average molecular weight is 759 g/mol. The minimum atomic E-state index is -5.08. The molecule has 3 aromatic carbocycles. The number of aromatic nitrogens is 2. The summed E-state index contributed by atoms with van der Waals surface area (Å²) in [5.74, 6) is -3.70. The Balaban J connectivity index is 0.000000872. The molecule has 17 heteroatoms. The van der Waals surface area contributed by atoms with Crippen molar-refractivity contribution in [3.63, 3.8) is 0 Å². The van der Waals surface area contributed by atoms with Crippen LogP contribution in [0, 0.1) is 5.82 Å². The van der Waals surface area contributed by atoms with E-state index in [2.05, 4.69) is 4.99 Å². The molecular weight excluding hydrogens is 725 g/mol. The number of carbonyl (C=O) groups is 2. The van der Waals surface area contributed by atoms with Gasteiger partial charge in [0, 0.05) is 23.8 Å². The van der Waals surface area contributed by atoms with Crippen molar-refractivity contribution in [1.82, 2.24) is 9.55 Å². The van der Waals surface area contributed by atoms with Gasteiger partial charge in [-0.05, 0) is 59.9 Å². The number of benzene rings is 3. The van der Waals surface area contributed by atoms with Gasteiger partial charge in [-0.2, -0.15) is 13.2 Å². The van der Waals surface area contributed by atoms with E-state index in [1.165, 1.54) is 24.9 Å². The molecule has 1 heterocycles. The number of ether oxygens (including phenoxy) is 1. The van der Waals surface area contributed by atoms with Crippen LogP contribution in [0.25, 0.3) is 5.69 Å². The molecule has 0 amide bonds. The molecule has 0 aliphatic carbocycles. The molecular formula is C33H33Cl2F4N5O5S. The molecule has 50 heavy (non-hydrogen) atoms. The van der Waals surface area contributed by atoms with E-state index in [4.69, 9.17) is 54.3 Å². The lowest BCUT2D eigenvalue weighted by Crippen LogP contribution is -2.23. The average Bonchev–Trinajstić information content (AvgIpc) is 3.48. The quantitative estimate of drug-likeness (QED) is 0.0377. The molecule has 0 aliphatic heterocycles. The largest absolute Gasteiger partial charge is 0.494 e. The summed E-state index contributed by atoms with van der Waals surface area (Å²) in [6.07, 6.45) is -2.17. The fraction of sp³-hybridized carbons (Fsp3) is 0.273. The van der Waals surface area contributed by atoms with Crippen LogP contribution in [0.2, 0.25) is 10.0 Å². The normalized spacial score (nSPS) is 11.4. The number of carboxylic acid groups (broad SMARTS) is 2. The van der Waals surface area contributed by atoms with Crippen LogP contribution in [0.3, 0.4) is 0 Å². The van der Waals surface area contributed by atoms with Gasteiger partial charge in [0.05, 0.1) is 40.3 Å². The lowest BCUT2D eigenvalue weighted by molar-refractivity contribution is -0.192. The summed E-state index contributed by atoms with van der Waals surface area (Å²) in [4.78, 5) is 29.7. The molecule has 0 atom stereocenters. The summed E-state index contributed by atoms with van der Waals surface area (Å²) in [7, 11) is 1.41. The zero-order valence-electron chi connectivity index (χ0n) is 26.9. The van der Waals surface area contributed by atoms with Gasteiger partial charge in [-0.3, -0.25) is 9.56 Å². The summed E-state index contributed by atoms with van der Waals surface area (Å²) in [6, 6.07) is 15.5. The Kier molecular flexibility index (Phi) is 13.6. The zero-order valence-corrected chi connectivity index (χ0v) is 29.2. The van der Waals surface area contributed by atoms with Crippen LogP contribution in [-0.4, -0.2) is 57.5 Å². The maximum atomic E-state index is 14.4. The molecule has 4 aromatic rings. The number of aliphatic imine (C=N–C) groups is 1. The highest BCUT2D eigenvalue weighted by molar-refractivity contribution is 7.98. The van der Waals surface area contributed by atoms with Crippen LogP contribution in [0.5, 0.6) is 5.75 Å². The third kappa shape index (κ3) is 10.3. The predicted octanol–water partition coefficient (Wildman–Crippen LogP) is 7.48. The van der Waals surface area contributed by atoms with Crippen molar-refractivity contribution in [2.75, 3.05) is 13.7 Å². The first kappa shape index (κ1) is 40.0. The molecule has 268 valence electrons. The maximum Gasteiger partial charge on any atom is 0.490 e. The Labute approximate surface area is 299 Å². The molecule has 4 rings (SSSR count). The number of methoxy groups -OCH3 is 1. The second-order valence-corrected chi connectivity index (χ2v) is 12.9. The van der Waals surface area contributed by atoms with Gasteiger partial charge in [0.15, 0.2) is 22.7 Å². The highest BCUT2D eigenvalue weighted by Gasteiger charge is 2.38. The molecule has 0 saturated carbocycles. The van der Waals surface area contributed by atoms with E-state index in [1.807, 2.05) is 42.7 Å². The van der Waals surface area contributed by atoms with Crippen LogP contribution in [0.1, 0.15) is 53.0 Å². The van der Waals surface area contributed by atoms with Crippen molar-refractivity contribution in [2.45, 2.75) is 49.2 Å². The molecule has 10 nitrogen and oxygen atoms in total.